The van der Waals surface area contributed by atoms with Crippen molar-refractivity contribution in [3.8, 4) is 0 Å². The third kappa shape index (κ3) is 4.08. The Labute approximate surface area is 172 Å². The third-order valence-corrected chi connectivity index (χ3v) is 6.37. The first kappa shape index (κ1) is 18.7. The Balaban J connectivity index is 1.55. The van der Waals surface area contributed by atoms with Gasteiger partial charge < -0.3 is 5.32 Å². The monoisotopic (exact) mass is 405 g/mol. The highest BCUT2D eigenvalue weighted by Crippen LogP contribution is 2.31. The predicted molar refractivity (Wildman–Crippen MR) is 116 cm³/mol. The van der Waals surface area contributed by atoms with Crippen molar-refractivity contribution in [2.24, 2.45) is 0 Å². The number of benzene rings is 2. The molecule has 0 aliphatic rings. The van der Waals surface area contributed by atoms with Gasteiger partial charge in [0.25, 0.3) is 0 Å². The standard InChI is InChI=1S/C22H19N3OS2/c1-15(28-22-18-12-13-27-21(18)23-14-24-22)20(26)25-19(16-8-4-2-5-9-16)17-10-6-3-7-11-17/h2-15,19H,1H3,(H,25,26)/t15-/m0/s1. The summed E-state index contributed by atoms with van der Waals surface area (Å²) in [5, 5.41) is 6.76. The van der Waals surface area contributed by atoms with Crippen molar-refractivity contribution in [1.29, 1.82) is 0 Å². The molecule has 0 unspecified atom stereocenters. The van der Waals surface area contributed by atoms with Gasteiger partial charge in [0.2, 0.25) is 5.91 Å². The molecule has 0 spiro atoms. The Morgan fingerprint density at radius 2 is 1.61 bits per heavy atom. The highest BCUT2D eigenvalue weighted by Gasteiger charge is 2.22. The summed E-state index contributed by atoms with van der Waals surface area (Å²) >= 11 is 3.04. The van der Waals surface area contributed by atoms with Crippen LogP contribution in [0.3, 0.4) is 0 Å². The molecule has 0 aliphatic heterocycles. The summed E-state index contributed by atoms with van der Waals surface area (Å²) < 4.78 is 0. The lowest BCUT2D eigenvalue weighted by Crippen LogP contribution is -2.35. The number of nitrogens with zero attached hydrogens (tertiary/aromatic N) is 2. The zero-order valence-corrected chi connectivity index (χ0v) is 16.9. The Hall–Kier alpha value is -2.70. The van der Waals surface area contributed by atoms with E-state index >= 15 is 0 Å². The first-order valence-corrected chi connectivity index (χ1v) is 10.7. The Kier molecular flexibility index (Phi) is 5.69. The quantitative estimate of drug-likeness (QED) is 0.359. The highest BCUT2D eigenvalue weighted by atomic mass is 32.2. The number of amides is 1. The molecule has 1 N–H and O–H groups in total. The smallest absolute Gasteiger partial charge is 0.234 e. The van der Waals surface area contributed by atoms with Crippen LogP contribution in [0.2, 0.25) is 0 Å². The zero-order valence-electron chi connectivity index (χ0n) is 15.3. The second-order valence-corrected chi connectivity index (χ2v) is 8.57. The summed E-state index contributed by atoms with van der Waals surface area (Å²) in [4.78, 5) is 22.6. The summed E-state index contributed by atoms with van der Waals surface area (Å²) in [6, 6.07) is 21.9. The average molecular weight is 406 g/mol. The molecular formula is C22H19N3OS2. The van der Waals surface area contributed by atoms with Crippen LogP contribution in [0, 0.1) is 0 Å². The van der Waals surface area contributed by atoms with E-state index in [4.69, 9.17) is 0 Å². The molecule has 2 heterocycles. The number of thiophene rings is 1. The molecule has 28 heavy (non-hydrogen) atoms. The molecule has 0 saturated heterocycles. The number of fused-ring (bicyclic) bond motifs is 1. The number of rotatable bonds is 6. The van der Waals surface area contributed by atoms with E-state index in [2.05, 4.69) is 15.3 Å². The average Bonchev–Trinajstić information content (AvgIpc) is 3.23. The van der Waals surface area contributed by atoms with E-state index in [0.29, 0.717) is 0 Å². The molecule has 4 nitrogen and oxygen atoms in total. The molecule has 0 radical (unpaired) electrons. The van der Waals surface area contributed by atoms with E-state index < -0.39 is 0 Å². The molecule has 0 saturated carbocycles. The van der Waals surface area contributed by atoms with E-state index in [9.17, 15) is 4.79 Å². The second kappa shape index (κ2) is 8.54. The van der Waals surface area contributed by atoms with Crippen LogP contribution in [0.1, 0.15) is 24.1 Å². The lowest BCUT2D eigenvalue weighted by Gasteiger charge is -2.22. The Morgan fingerprint density at radius 3 is 2.25 bits per heavy atom. The minimum absolute atomic E-state index is 0.0234. The van der Waals surface area contributed by atoms with Gasteiger partial charge in [-0.15, -0.1) is 11.3 Å². The number of thioether (sulfide) groups is 1. The number of hydrogen-bond acceptors (Lipinski definition) is 5. The van der Waals surface area contributed by atoms with Crippen LogP contribution in [-0.4, -0.2) is 21.1 Å². The van der Waals surface area contributed by atoms with Gasteiger partial charge in [-0.25, -0.2) is 9.97 Å². The summed E-state index contributed by atoms with van der Waals surface area (Å²) in [5.74, 6) is -0.0234. The molecule has 2 aromatic carbocycles. The first-order valence-electron chi connectivity index (χ1n) is 8.97. The van der Waals surface area contributed by atoms with Crippen LogP contribution in [0.15, 0.2) is 83.5 Å². The van der Waals surface area contributed by atoms with E-state index in [1.807, 2.05) is 79.0 Å². The molecule has 4 aromatic rings. The number of carbonyl (C=O) groups excluding carboxylic acids is 1. The van der Waals surface area contributed by atoms with Crippen molar-refractivity contribution in [3.05, 3.63) is 89.6 Å². The minimum Gasteiger partial charge on any atom is -0.344 e. The Morgan fingerprint density at radius 1 is 0.964 bits per heavy atom. The van der Waals surface area contributed by atoms with Crippen molar-refractivity contribution in [2.45, 2.75) is 23.2 Å². The van der Waals surface area contributed by atoms with E-state index in [1.165, 1.54) is 11.8 Å². The van der Waals surface area contributed by atoms with Crippen LogP contribution < -0.4 is 5.32 Å². The van der Waals surface area contributed by atoms with Gasteiger partial charge >= 0.3 is 0 Å². The molecule has 0 fully saturated rings. The summed E-state index contributed by atoms with van der Waals surface area (Å²) in [7, 11) is 0. The maximum atomic E-state index is 13.0. The van der Waals surface area contributed by atoms with E-state index in [1.54, 1.807) is 17.7 Å². The van der Waals surface area contributed by atoms with Gasteiger partial charge in [-0.1, -0.05) is 72.4 Å². The number of carbonyl (C=O) groups is 1. The molecule has 6 heteroatoms. The maximum absolute atomic E-state index is 13.0. The second-order valence-electron chi connectivity index (χ2n) is 6.34. The SMILES string of the molecule is C[C@H](Sc1ncnc2sccc12)C(=O)NC(c1ccccc1)c1ccccc1. The summed E-state index contributed by atoms with van der Waals surface area (Å²) in [6.45, 7) is 1.91. The van der Waals surface area contributed by atoms with E-state index in [0.717, 1.165) is 26.4 Å². The van der Waals surface area contributed by atoms with Gasteiger partial charge in [0.05, 0.1) is 11.3 Å². The van der Waals surface area contributed by atoms with Crippen LogP contribution in [0.5, 0.6) is 0 Å². The third-order valence-electron chi connectivity index (χ3n) is 4.44. The molecule has 140 valence electrons. The fraction of sp³-hybridized carbons (Fsp3) is 0.136. The normalized spacial score (nSPS) is 12.2. The molecular weight excluding hydrogens is 386 g/mol. The van der Waals surface area contributed by atoms with Crippen molar-refractivity contribution < 1.29 is 4.79 Å². The van der Waals surface area contributed by atoms with Crippen molar-refractivity contribution in [3.63, 3.8) is 0 Å². The summed E-state index contributed by atoms with van der Waals surface area (Å²) in [6.07, 6.45) is 1.56. The maximum Gasteiger partial charge on any atom is 0.234 e. The lowest BCUT2D eigenvalue weighted by molar-refractivity contribution is -0.120. The van der Waals surface area contributed by atoms with Gasteiger partial charge in [-0.2, -0.15) is 0 Å². The molecule has 1 amide bonds. The van der Waals surface area contributed by atoms with Gasteiger partial charge in [0, 0.05) is 5.39 Å². The Bertz CT molecular complexity index is 1030. The van der Waals surface area contributed by atoms with Gasteiger partial charge in [-0.05, 0) is 29.5 Å². The van der Waals surface area contributed by atoms with Gasteiger partial charge in [0.1, 0.15) is 16.2 Å². The largest absolute Gasteiger partial charge is 0.344 e. The predicted octanol–water partition coefficient (Wildman–Crippen LogP) is 5.08. The minimum atomic E-state index is -0.284. The van der Waals surface area contributed by atoms with Crippen LogP contribution in [0.25, 0.3) is 10.2 Å². The molecule has 0 aliphatic carbocycles. The van der Waals surface area contributed by atoms with Gasteiger partial charge in [0.15, 0.2) is 0 Å². The topological polar surface area (TPSA) is 54.9 Å². The van der Waals surface area contributed by atoms with Crippen LogP contribution in [0.4, 0.5) is 0 Å². The zero-order chi connectivity index (χ0) is 19.3. The number of aromatic nitrogens is 2. The molecule has 0 bridgehead atoms. The van der Waals surface area contributed by atoms with Crippen LogP contribution in [-0.2, 0) is 4.79 Å². The molecule has 2 aromatic heterocycles. The van der Waals surface area contributed by atoms with Crippen molar-refractivity contribution in [2.75, 3.05) is 0 Å². The van der Waals surface area contributed by atoms with Crippen LogP contribution >= 0.6 is 23.1 Å². The van der Waals surface area contributed by atoms with Crippen molar-refractivity contribution >= 4 is 39.2 Å². The molecule has 4 rings (SSSR count). The molecule has 1 atom stereocenters. The fourth-order valence-corrected chi connectivity index (χ4v) is 4.70. The van der Waals surface area contributed by atoms with Crippen molar-refractivity contribution in [1.82, 2.24) is 15.3 Å². The first-order chi connectivity index (χ1) is 13.7. The van der Waals surface area contributed by atoms with Gasteiger partial charge in [-0.3, -0.25) is 4.79 Å². The highest BCUT2D eigenvalue weighted by molar-refractivity contribution is 8.00. The van der Waals surface area contributed by atoms with E-state index in [-0.39, 0.29) is 17.2 Å². The number of nitrogens with one attached hydrogen (secondary N) is 1. The number of hydrogen-bond donors (Lipinski definition) is 1. The fourth-order valence-electron chi connectivity index (χ4n) is 2.99. The summed E-state index contributed by atoms with van der Waals surface area (Å²) in [5.41, 5.74) is 2.11. The lowest BCUT2D eigenvalue weighted by atomic mass is 9.98.